The smallest absolute Gasteiger partial charge is 0.303 e. The van der Waals surface area contributed by atoms with Gasteiger partial charge in [0.2, 0.25) is 11.6 Å². The van der Waals surface area contributed by atoms with Crippen molar-refractivity contribution in [2.24, 2.45) is 28.6 Å². The van der Waals surface area contributed by atoms with Crippen LogP contribution in [0.15, 0.2) is 30.3 Å². The molecule has 1 heterocycles. The van der Waals surface area contributed by atoms with E-state index in [1.807, 2.05) is 30.3 Å². The van der Waals surface area contributed by atoms with E-state index in [1.165, 1.54) is 13.8 Å². The fourth-order valence-corrected chi connectivity index (χ4v) is 8.06. The van der Waals surface area contributed by atoms with Gasteiger partial charge in [-0.1, -0.05) is 51.1 Å². The van der Waals surface area contributed by atoms with Crippen LogP contribution in [-0.4, -0.2) is 75.1 Å². The van der Waals surface area contributed by atoms with Crippen molar-refractivity contribution in [3.8, 4) is 0 Å². The van der Waals surface area contributed by atoms with Gasteiger partial charge in [-0.3, -0.25) is 14.4 Å². The minimum atomic E-state index is -1.83. The molecule has 1 saturated heterocycles. The van der Waals surface area contributed by atoms with Gasteiger partial charge in [-0.05, 0) is 24.8 Å². The third-order valence-corrected chi connectivity index (χ3v) is 10.6. The first kappa shape index (κ1) is 29.3. The average molecular weight is 561 g/mol. The summed E-state index contributed by atoms with van der Waals surface area (Å²) in [5.41, 5.74) is -5.25. The predicted molar refractivity (Wildman–Crippen MR) is 139 cm³/mol. The Morgan fingerprint density at radius 2 is 1.77 bits per heavy atom. The van der Waals surface area contributed by atoms with Gasteiger partial charge in [-0.15, -0.1) is 0 Å². The number of carbonyl (C=O) groups is 3. The third-order valence-electron chi connectivity index (χ3n) is 10.6. The Bertz CT molecular complexity index is 1170. The van der Waals surface area contributed by atoms with E-state index in [-0.39, 0.29) is 32.5 Å². The molecule has 3 N–H and O–H groups in total. The molecule has 0 aromatic heterocycles. The lowest BCUT2D eigenvalue weighted by Crippen LogP contribution is -2.75. The number of aliphatic hydroxyl groups is 3. The zero-order valence-corrected chi connectivity index (χ0v) is 23.7. The lowest BCUT2D eigenvalue weighted by atomic mass is 9.52. The summed E-state index contributed by atoms with van der Waals surface area (Å²) in [6.45, 7) is 7.89. The number of rotatable bonds is 5. The summed E-state index contributed by atoms with van der Waals surface area (Å²) in [7, 11) is 0. The summed E-state index contributed by atoms with van der Waals surface area (Å²) in [4.78, 5) is 52.4. The number of esters is 1. The molecule has 40 heavy (non-hydrogen) atoms. The molecule has 5 rings (SSSR count). The van der Waals surface area contributed by atoms with Gasteiger partial charge in [0.25, 0.3) is 0 Å². The summed E-state index contributed by atoms with van der Waals surface area (Å²) in [6.07, 6.45) is -4.52. The first-order chi connectivity index (χ1) is 18.7. The zero-order valence-electron chi connectivity index (χ0n) is 23.7. The molecular formula is C30H40O10. The molecule has 10 heteroatoms. The molecule has 4 aliphatic rings. The third kappa shape index (κ3) is 4.10. The van der Waals surface area contributed by atoms with Crippen LogP contribution in [0.4, 0.5) is 0 Å². The Morgan fingerprint density at radius 1 is 1.10 bits per heavy atom. The molecule has 0 amide bonds. The second-order valence-corrected chi connectivity index (χ2v) is 13.0. The van der Waals surface area contributed by atoms with E-state index in [1.54, 1.807) is 20.8 Å². The monoisotopic (exact) mass is 560 g/mol. The number of hydrogen-bond acceptors (Lipinski definition) is 10. The number of aliphatic hydroxyl groups excluding tert-OH is 2. The maximum absolute atomic E-state index is 14.2. The van der Waals surface area contributed by atoms with Crippen molar-refractivity contribution in [1.82, 2.24) is 0 Å². The first-order valence-electron chi connectivity index (χ1n) is 14.0. The van der Waals surface area contributed by atoms with Crippen LogP contribution >= 0.6 is 0 Å². The molecule has 0 spiro atoms. The Kier molecular flexibility index (Phi) is 7.29. The Balaban J connectivity index is 1.65. The van der Waals surface area contributed by atoms with E-state index >= 15 is 0 Å². The van der Waals surface area contributed by atoms with Crippen LogP contribution in [0, 0.1) is 28.6 Å². The van der Waals surface area contributed by atoms with Crippen LogP contribution in [0.5, 0.6) is 0 Å². The predicted octanol–water partition coefficient (Wildman–Crippen LogP) is 1.91. The molecule has 1 aromatic rings. The van der Waals surface area contributed by atoms with Crippen molar-refractivity contribution in [2.75, 3.05) is 6.61 Å². The quantitative estimate of drug-likeness (QED) is 0.211. The maximum atomic E-state index is 14.2. The van der Waals surface area contributed by atoms with Gasteiger partial charge in [0.05, 0.1) is 24.2 Å². The molecule has 10 atom stereocenters. The molecular weight excluding hydrogens is 520 g/mol. The van der Waals surface area contributed by atoms with E-state index in [9.17, 15) is 29.7 Å². The normalized spacial score (nSPS) is 44.2. The standard InChI is InChI=1S/C30H40O10/c1-16-19(32)13-30(36)23(40-38-14-18-9-7-6-8-10-18)11-20-28(5,26(35)25(34)24(16)27(30,3)4)21(33)12-22-29(20,15-37-22)39-17(2)31/h6-10,16,19-24,32-33,36H,11-15H2,1-5H3/t16?,19-,20-,21-,22+,23-,24?,28-,29+,30+/m0/s1. The number of ketones is 2. The van der Waals surface area contributed by atoms with Gasteiger partial charge in [-0.2, -0.15) is 0 Å². The van der Waals surface area contributed by atoms with Crippen LogP contribution in [0.3, 0.4) is 0 Å². The Labute approximate surface area is 233 Å². The van der Waals surface area contributed by atoms with Crippen LogP contribution in [0.2, 0.25) is 0 Å². The molecule has 10 nitrogen and oxygen atoms in total. The van der Waals surface area contributed by atoms with Crippen LogP contribution in [-0.2, 0) is 40.2 Å². The number of Topliss-reactive ketones (excluding diaryl/α,β-unsaturated/α-hetero) is 2. The lowest BCUT2D eigenvalue weighted by Gasteiger charge is -2.62. The topological polar surface area (TPSA) is 149 Å². The molecule has 2 unspecified atom stereocenters. The summed E-state index contributed by atoms with van der Waals surface area (Å²) in [5, 5.41) is 35.0. The van der Waals surface area contributed by atoms with Gasteiger partial charge in [0, 0.05) is 37.0 Å². The highest BCUT2D eigenvalue weighted by Gasteiger charge is 2.74. The molecule has 1 aliphatic heterocycles. The SMILES string of the molecule is CC(=O)O[C@@]12CO[C@@H]1C[C@H](O)[C@@]1(C)C(=O)C(=O)C3C(C)[C@@H](O)C[C@@](O)([C@@H](OOCc4ccccc4)C[C@H]21)C3(C)C. The minimum absolute atomic E-state index is 0.00810. The van der Waals surface area contributed by atoms with E-state index in [0.29, 0.717) is 0 Å². The van der Waals surface area contributed by atoms with Crippen molar-refractivity contribution in [1.29, 1.82) is 0 Å². The summed E-state index contributed by atoms with van der Waals surface area (Å²) in [5.74, 6) is -4.86. The molecule has 0 radical (unpaired) electrons. The van der Waals surface area contributed by atoms with Gasteiger partial charge >= 0.3 is 5.97 Å². The zero-order chi connectivity index (χ0) is 29.3. The van der Waals surface area contributed by atoms with Crippen molar-refractivity contribution in [3.05, 3.63) is 35.9 Å². The number of ether oxygens (including phenoxy) is 2. The maximum Gasteiger partial charge on any atom is 0.303 e. The van der Waals surface area contributed by atoms with Gasteiger partial charge < -0.3 is 24.8 Å². The van der Waals surface area contributed by atoms with Crippen molar-refractivity contribution in [2.45, 2.75) is 96.1 Å². The van der Waals surface area contributed by atoms with Gasteiger partial charge in [-0.25, -0.2) is 9.78 Å². The molecule has 3 saturated carbocycles. The highest BCUT2D eigenvalue weighted by molar-refractivity contribution is 6.40. The highest BCUT2D eigenvalue weighted by atomic mass is 17.2. The number of carbonyl (C=O) groups excluding carboxylic acids is 3. The number of fused-ring (bicyclic) bond motifs is 5. The van der Waals surface area contributed by atoms with Crippen LogP contribution < -0.4 is 0 Å². The average Bonchev–Trinajstić information content (AvgIpc) is 2.89. The largest absolute Gasteiger partial charge is 0.454 e. The van der Waals surface area contributed by atoms with Crippen molar-refractivity contribution < 1.29 is 49.0 Å². The van der Waals surface area contributed by atoms with E-state index < -0.39 is 81.7 Å². The fraction of sp³-hybridized carbons (Fsp3) is 0.700. The highest BCUT2D eigenvalue weighted by Crippen LogP contribution is 2.61. The van der Waals surface area contributed by atoms with E-state index in [2.05, 4.69) is 0 Å². The van der Waals surface area contributed by atoms with Crippen LogP contribution in [0.1, 0.15) is 59.4 Å². The second kappa shape index (κ2) is 9.96. The van der Waals surface area contributed by atoms with Crippen LogP contribution in [0.25, 0.3) is 0 Å². The first-order valence-corrected chi connectivity index (χ1v) is 14.0. The number of benzene rings is 1. The molecule has 1 aromatic carbocycles. The van der Waals surface area contributed by atoms with Crippen molar-refractivity contribution >= 4 is 17.5 Å². The second-order valence-electron chi connectivity index (χ2n) is 13.0. The Morgan fingerprint density at radius 3 is 2.38 bits per heavy atom. The van der Waals surface area contributed by atoms with E-state index in [0.717, 1.165) is 5.56 Å². The summed E-state index contributed by atoms with van der Waals surface area (Å²) in [6, 6.07) is 9.28. The molecule has 2 bridgehead atoms. The van der Waals surface area contributed by atoms with Gasteiger partial charge in [0.15, 0.2) is 5.60 Å². The number of hydrogen-bond donors (Lipinski definition) is 3. The summed E-state index contributed by atoms with van der Waals surface area (Å²) >= 11 is 0. The minimum Gasteiger partial charge on any atom is -0.454 e. The van der Waals surface area contributed by atoms with Gasteiger partial charge in [0.1, 0.15) is 24.4 Å². The molecule has 220 valence electrons. The molecule has 3 aliphatic carbocycles. The van der Waals surface area contributed by atoms with E-state index in [4.69, 9.17) is 19.2 Å². The fourth-order valence-electron chi connectivity index (χ4n) is 8.06. The van der Waals surface area contributed by atoms with Crippen molar-refractivity contribution in [3.63, 3.8) is 0 Å². The molecule has 4 fully saturated rings. The Hall–Kier alpha value is -2.21. The summed E-state index contributed by atoms with van der Waals surface area (Å²) < 4.78 is 11.6. The lowest BCUT2D eigenvalue weighted by molar-refractivity contribution is -0.389.